The van der Waals surface area contributed by atoms with E-state index in [-0.39, 0.29) is 12.0 Å². The summed E-state index contributed by atoms with van der Waals surface area (Å²) in [5.74, 6) is -0.642. The summed E-state index contributed by atoms with van der Waals surface area (Å²) < 4.78 is 38.8. The number of ether oxygens (including phenoxy) is 1. The van der Waals surface area contributed by atoms with Gasteiger partial charge >= 0.3 is 6.36 Å². The summed E-state index contributed by atoms with van der Waals surface area (Å²) in [4.78, 5) is 13.7. The van der Waals surface area contributed by atoms with Crippen LogP contribution < -0.4 is 4.74 Å². The second kappa shape index (κ2) is 3.83. The van der Waals surface area contributed by atoms with Gasteiger partial charge in [0.2, 0.25) is 0 Å². The van der Waals surface area contributed by atoms with Crippen molar-refractivity contribution in [3.63, 3.8) is 0 Å². The minimum absolute atomic E-state index is 0.242. The normalized spacial score (nSPS) is 11.1. The first-order valence-electron chi connectivity index (χ1n) is 3.29. The van der Waals surface area contributed by atoms with Crippen molar-refractivity contribution in [2.45, 2.75) is 6.36 Å². The van der Waals surface area contributed by atoms with E-state index in [1.165, 1.54) is 0 Å². The van der Waals surface area contributed by atoms with Crippen LogP contribution in [0.25, 0.3) is 0 Å². The molecule has 1 heterocycles. The topological polar surface area (TPSA) is 39.2 Å². The molecule has 0 saturated heterocycles. The van der Waals surface area contributed by atoms with Crippen molar-refractivity contribution in [1.29, 1.82) is 0 Å². The Morgan fingerprint density at radius 1 is 1.50 bits per heavy atom. The van der Waals surface area contributed by atoms with Gasteiger partial charge in [-0.2, -0.15) is 0 Å². The van der Waals surface area contributed by atoms with Crippen molar-refractivity contribution >= 4 is 17.9 Å². The summed E-state index contributed by atoms with van der Waals surface area (Å²) in [5.41, 5.74) is -0.298. The smallest absolute Gasteiger partial charge is 0.404 e. The minimum atomic E-state index is -4.84. The highest BCUT2D eigenvalue weighted by molar-refractivity contribution is 6.34. The molecule has 7 heteroatoms. The summed E-state index contributed by atoms with van der Waals surface area (Å²) in [6.07, 6.45) is -3.60. The number of hydrogen-bond donors (Lipinski definition) is 0. The van der Waals surface area contributed by atoms with Crippen LogP contribution in [0, 0.1) is 0 Å². The molecule has 0 bridgehead atoms. The van der Waals surface area contributed by atoms with Crippen molar-refractivity contribution in [2.75, 3.05) is 0 Å². The second-order valence-corrected chi connectivity index (χ2v) is 2.55. The van der Waals surface area contributed by atoms with Gasteiger partial charge in [0.05, 0.1) is 0 Å². The molecule has 1 aromatic heterocycles. The zero-order valence-electron chi connectivity index (χ0n) is 6.51. The van der Waals surface area contributed by atoms with Crippen LogP contribution >= 0.6 is 11.6 Å². The fourth-order valence-electron chi connectivity index (χ4n) is 0.727. The Hall–Kier alpha value is -1.30. The van der Waals surface area contributed by atoms with Gasteiger partial charge in [0.25, 0.3) is 0 Å². The summed E-state index contributed by atoms with van der Waals surface area (Å²) in [6.45, 7) is 0. The number of rotatable bonds is 2. The van der Waals surface area contributed by atoms with Gasteiger partial charge in [-0.3, -0.25) is 9.78 Å². The number of pyridine rings is 1. The number of nitrogens with zero attached hydrogens (tertiary/aromatic N) is 1. The van der Waals surface area contributed by atoms with Gasteiger partial charge in [-0.15, -0.1) is 13.2 Å². The zero-order valence-corrected chi connectivity index (χ0v) is 7.26. The lowest BCUT2D eigenvalue weighted by atomic mass is 10.3. The summed E-state index contributed by atoms with van der Waals surface area (Å²) in [7, 11) is 0. The lowest BCUT2D eigenvalue weighted by Gasteiger charge is -2.10. The van der Waals surface area contributed by atoms with Crippen LogP contribution in [0.3, 0.4) is 0 Å². The molecule has 0 unspecified atom stereocenters. The fourth-order valence-corrected chi connectivity index (χ4v) is 0.922. The Kier molecular flexibility index (Phi) is 2.95. The van der Waals surface area contributed by atoms with Gasteiger partial charge in [0, 0.05) is 12.3 Å². The van der Waals surface area contributed by atoms with E-state index in [9.17, 15) is 18.0 Å². The Morgan fingerprint density at radius 2 is 2.14 bits per heavy atom. The molecule has 0 atom stereocenters. The maximum absolute atomic E-state index is 11.8. The molecule has 3 nitrogen and oxygen atoms in total. The van der Waals surface area contributed by atoms with E-state index in [0.717, 1.165) is 12.3 Å². The minimum Gasteiger partial charge on any atom is -0.404 e. The van der Waals surface area contributed by atoms with Crippen molar-refractivity contribution in [1.82, 2.24) is 4.98 Å². The maximum Gasteiger partial charge on any atom is 0.573 e. The van der Waals surface area contributed by atoms with E-state index in [1.807, 2.05) is 0 Å². The van der Waals surface area contributed by atoms with E-state index < -0.39 is 17.1 Å². The van der Waals surface area contributed by atoms with Crippen LogP contribution in [0.2, 0.25) is 5.02 Å². The third-order valence-electron chi connectivity index (χ3n) is 1.22. The van der Waals surface area contributed by atoms with Crippen LogP contribution in [0.5, 0.6) is 5.75 Å². The number of carbonyl (C=O) groups excluding carboxylic acids is 1. The highest BCUT2D eigenvalue weighted by Crippen LogP contribution is 2.30. The third kappa shape index (κ3) is 2.59. The summed E-state index contributed by atoms with van der Waals surface area (Å²) in [5, 5.41) is -0.458. The second-order valence-electron chi connectivity index (χ2n) is 2.17. The van der Waals surface area contributed by atoms with E-state index in [2.05, 4.69) is 9.72 Å². The maximum atomic E-state index is 11.8. The Bertz CT molecular complexity index is 353. The summed E-state index contributed by atoms with van der Waals surface area (Å²) >= 11 is 5.40. The molecule has 0 spiro atoms. The standard InChI is InChI=1S/C7H3ClF3NO2/c8-6-4(3-13)12-2-1-5(6)14-7(9,10)11/h1-3H. The monoisotopic (exact) mass is 225 g/mol. The molecular formula is C7H3ClF3NO2. The average molecular weight is 226 g/mol. The van der Waals surface area contributed by atoms with E-state index in [4.69, 9.17) is 11.6 Å². The van der Waals surface area contributed by atoms with Crippen molar-refractivity contribution < 1.29 is 22.7 Å². The number of hydrogen-bond acceptors (Lipinski definition) is 3. The SMILES string of the molecule is O=Cc1nccc(OC(F)(F)F)c1Cl. The predicted molar refractivity (Wildman–Crippen MR) is 41.3 cm³/mol. The van der Waals surface area contributed by atoms with Gasteiger partial charge in [0.15, 0.2) is 12.0 Å². The van der Waals surface area contributed by atoms with E-state index in [1.54, 1.807) is 0 Å². The van der Waals surface area contributed by atoms with Crippen LogP contribution in [0.15, 0.2) is 12.3 Å². The molecular weight excluding hydrogens is 223 g/mol. The Labute approximate surface area is 81.5 Å². The summed E-state index contributed by atoms with van der Waals surface area (Å²) in [6, 6.07) is 0.919. The zero-order chi connectivity index (χ0) is 10.8. The Morgan fingerprint density at radius 3 is 2.64 bits per heavy atom. The number of carbonyl (C=O) groups is 1. The lowest BCUT2D eigenvalue weighted by molar-refractivity contribution is -0.274. The first-order valence-corrected chi connectivity index (χ1v) is 3.67. The molecule has 14 heavy (non-hydrogen) atoms. The number of alkyl halides is 3. The number of aromatic nitrogens is 1. The molecule has 0 saturated carbocycles. The van der Waals surface area contributed by atoms with Gasteiger partial charge in [0.1, 0.15) is 10.7 Å². The van der Waals surface area contributed by atoms with Crippen molar-refractivity contribution in [2.24, 2.45) is 0 Å². The fraction of sp³-hybridized carbons (Fsp3) is 0.143. The van der Waals surface area contributed by atoms with Crippen LogP contribution in [-0.4, -0.2) is 17.6 Å². The first-order chi connectivity index (χ1) is 6.44. The largest absolute Gasteiger partial charge is 0.573 e. The lowest BCUT2D eigenvalue weighted by Crippen LogP contribution is -2.17. The molecule has 1 aromatic rings. The molecule has 0 aromatic carbocycles. The number of halogens is 4. The quantitative estimate of drug-likeness (QED) is 0.726. The van der Waals surface area contributed by atoms with Crippen molar-refractivity contribution in [3.8, 4) is 5.75 Å². The van der Waals surface area contributed by atoms with Gasteiger partial charge < -0.3 is 4.74 Å². The van der Waals surface area contributed by atoms with Crippen LogP contribution in [0.1, 0.15) is 10.5 Å². The third-order valence-corrected chi connectivity index (χ3v) is 1.60. The Balaban J connectivity index is 3.04. The van der Waals surface area contributed by atoms with Gasteiger partial charge in [-0.25, -0.2) is 0 Å². The molecule has 0 aliphatic carbocycles. The van der Waals surface area contributed by atoms with E-state index >= 15 is 0 Å². The highest BCUT2D eigenvalue weighted by atomic mass is 35.5. The van der Waals surface area contributed by atoms with Crippen LogP contribution in [-0.2, 0) is 0 Å². The van der Waals surface area contributed by atoms with Crippen LogP contribution in [0.4, 0.5) is 13.2 Å². The molecule has 0 aliphatic rings. The van der Waals surface area contributed by atoms with E-state index in [0.29, 0.717) is 0 Å². The molecule has 1 rings (SSSR count). The predicted octanol–water partition coefficient (Wildman–Crippen LogP) is 2.45. The average Bonchev–Trinajstić information content (AvgIpc) is 2.06. The highest BCUT2D eigenvalue weighted by Gasteiger charge is 2.32. The molecule has 76 valence electrons. The number of aldehydes is 1. The van der Waals surface area contributed by atoms with Gasteiger partial charge in [-0.1, -0.05) is 11.6 Å². The first kappa shape index (κ1) is 10.8. The molecule has 0 amide bonds. The van der Waals surface area contributed by atoms with Crippen molar-refractivity contribution in [3.05, 3.63) is 23.0 Å². The molecule has 0 radical (unpaired) electrons. The molecule has 0 N–H and O–H groups in total. The van der Waals surface area contributed by atoms with Gasteiger partial charge in [-0.05, 0) is 0 Å². The molecule has 0 aliphatic heterocycles. The molecule has 0 fully saturated rings.